The Bertz CT molecular complexity index is 529. The van der Waals surface area contributed by atoms with E-state index in [1.165, 1.54) is 11.3 Å². The lowest BCUT2D eigenvalue weighted by molar-refractivity contribution is -0.122. The molecule has 2 atom stereocenters. The first-order valence-corrected chi connectivity index (χ1v) is 7.02. The van der Waals surface area contributed by atoms with Crippen LogP contribution in [0.15, 0.2) is 54.3 Å². The van der Waals surface area contributed by atoms with Gasteiger partial charge in [0.15, 0.2) is 5.78 Å². The molecule has 1 aliphatic heterocycles. The van der Waals surface area contributed by atoms with Crippen LogP contribution >= 0.6 is 0 Å². The molecule has 2 heteroatoms. The van der Waals surface area contributed by atoms with Crippen LogP contribution in [-0.4, -0.2) is 23.3 Å². The lowest BCUT2D eigenvalue weighted by Crippen LogP contribution is -2.34. The minimum atomic E-state index is 0.0172. The van der Waals surface area contributed by atoms with Crippen molar-refractivity contribution in [3.63, 3.8) is 0 Å². The molecule has 1 aromatic rings. The van der Waals surface area contributed by atoms with E-state index in [2.05, 4.69) is 42.2 Å². The molecule has 1 saturated heterocycles. The number of carbonyl (C=O) groups excluding carboxylic acids is 1. The highest BCUT2D eigenvalue weighted by Crippen LogP contribution is 2.36. The van der Waals surface area contributed by atoms with Gasteiger partial charge >= 0.3 is 0 Å². The van der Waals surface area contributed by atoms with Gasteiger partial charge in [-0.1, -0.05) is 42.5 Å². The van der Waals surface area contributed by atoms with Gasteiger partial charge in [0.05, 0.1) is 12.0 Å². The maximum atomic E-state index is 12.6. The number of hydrogen-bond acceptors (Lipinski definition) is 2. The fourth-order valence-corrected chi connectivity index (χ4v) is 3.19. The molecule has 1 fully saturated rings. The number of benzene rings is 1. The molecule has 3 rings (SSSR count). The summed E-state index contributed by atoms with van der Waals surface area (Å²) in [6.45, 7) is 3.03. The topological polar surface area (TPSA) is 20.3 Å². The molecule has 1 aliphatic carbocycles. The minimum absolute atomic E-state index is 0.0172. The number of Topliss-reactive ketones (excluding diaryl/α,β-unsaturated/α-hetero) is 1. The fraction of sp³-hybridized carbons (Fsp3) is 0.353. The summed E-state index contributed by atoms with van der Waals surface area (Å²) < 4.78 is 0. The Morgan fingerprint density at radius 2 is 2.05 bits per heavy atom. The molecular formula is C17H19NO. The summed E-state index contributed by atoms with van der Waals surface area (Å²) in [7, 11) is 0. The molecule has 2 nitrogen and oxygen atoms in total. The number of allylic oxidation sites excluding steroid dienone is 4. The number of fused-ring (bicyclic) bond motifs is 1. The highest BCUT2D eigenvalue weighted by atomic mass is 16.1. The number of hydrogen-bond donors (Lipinski definition) is 0. The standard InChI is InChI=1S/C17H19NO/c1-2-18-15-11-7-6-10-14(15)17(19)16(18)12-13-8-4-3-5-9-13/h3-9,11,14,16H,2,10,12H2,1H3. The number of rotatable bonds is 3. The van der Waals surface area contributed by atoms with Gasteiger partial charge in [0.2, 0.25) is 0 Å². The molecule has 0 amide bonds. The first kappa shape index (κ1) is 12.2. The van der Waals surface area contributed by atoms with Gasteiger partial charge in [0, 0.05) is 12.2 Å². The van der Waals surface area contributed by atoms with Crippen molar-refractivity contribution in [3.8, 4) is 0 Å². The zero-order chi connectivity index (χ0) is 13.2. The average Bonchev–Trinajstić information content (AvgIpc) is 2.73. The number of likely N-dealkylation sites (N-methyl/N-ethyl adjacent to an activating group) is 1. The molecule has 0 N–H and O–H groups in total. The van der Waals surface area contributed by atoms with Crippen molar-refractivity contribution in [3.05, 3.63) is 59.8 Å². The third kappa shape index (κ3) is 2.12. The van der Waals surface area contributed by atoms with Crippen LogP contribution < -0.4 is 0 Å². The van der Waals surface area contributed by atoms with Crippen molar-refractivity contribution >= 4 is 5.78 Å². The first-order chi connectivity index (χ1) is 9.31. The van der Waals surface area contributed by atoms with Gasteiger partial charge in [-0.15, -0.1) is 0 Å². The second-order valence-corrected chi connectivity index (χ2v) is 5.20. The normalized spacial score (nSPS) is 25.4. The number of carbonyl (C=O) groups is 1. The SMILES string of the molecule is CCN1C2=CC=CCC2C(=O)C1Cc1ccccc1. The van der Waals surface area contributed by atoms with Crippen molar-refractivity contribution < 1.29 is 4.79 Å². The highest BCUT2D eigenvalue weighted by Gasteiger charge is 2.42. The number of likely N-dealkylation sites (tertiary alicyclic amines) is 1. The predicted octanol–water partition coefficient (Wildman–Crippen LogP) is 2.96. The van der Waals surface area contributed by atoms with E-state index in [9.17, 15) is 4.79 Å². The Hall–Kier alpha value is -1.83. The molecule has 0 saturated carbocycles. The molecule has 1 heterocycles. The Balaban J connectivity index is 1.87. The van der Waals surface area contributed by atoms with Gasteiger partial charge in [-0.05, 0) is 31.4 Å². The molecule has 0 bridgehead atoms. The van der Waals surface area contributed by atoms with Crippen LogP contribution in [-0.2, 0) is 11.2 Å². The van der Waals surface area contributed by atoms with Crippen LogP contribution in [0.25, 0.3) is 0 Å². The van der Waals surface area contributed by atoms with E-state index in [0.717, 1.165) is 19.4 Å². The zero-order valence-corrected chi connectivity index (χ0v) is 11.3. The third-order valence-corrected chi connectivity index (χ3v) is 4.12. The summed E-state index contributed by atoms with van der Waals surface area (Å²) in [5.41, 5.74) is 2.46. The highest BCUT2D eigenvalue weighted by molar-refractivity contribution is 5.92. The summed E-state index contributed by atoms with van der Waals surface area (Å²) in [5, 5.41) is 0. The van der Waals surface area contributed by atoms with Crippen molar-refractivity contribution in [1.82, 2.24) is 4.90 Å². The molecule has 0 spiro atoms. The summed E-state index contributed by atoms with van der Waals surface area (Å²) in [6, 6.07) is 10.3. The Morgan fingerprint density at radius 1 is 1.26 bits per heavy atom. The fourth-order valence-electron chi connectivity index (χ4n) is 3.19. The van der Waals surface area contributed by atoms with Gasteiger partial charge in [-0.25, -0.2) is 0 Å². The van der Waals surface area contributed by atoms with Crippen LogP contribution in [0.3, 0.4) is 0 Å². The maximum Gasteiger partial charge on any atom is 0.164 e. The largest absolute Gasteiger partial charge is 0.364 e. The van der Waals surface area contributed by atoms with Gasteiger partial charge in [0.25, 0.3) is 0 Å². The Labute approximate surface area is 114 Å². The van der Waals surface area contributed by atoms with Gasteiger partial charge < -0.3 is 4.90 Å². The van der Waals surface area contributed by atoms with Crippen molar-refractivity contribution in [2.24, 2.45) is 5.92 Å². The van der Waals surface area contributed by atoms with Crippen LogP contribution in [0.5, 0.6) is 0 Å². The molecule has 1 aromatic carbocycles. The van der Waals surface area contributed by atoms with Gasteiger partial charge in [-0.3, -0.25) is 4.79 Å². The minimum Gasteiger partial charge on any atom is -0.364 e. The second-order valence-electron chi connectivity index (χ2n) is 5.20. The van der Waals surface area contributed by atoms with Crippen molar-refractivity contribution in [2.45, 2.75) is 25.8 Å². The molecule has 0 radical (unpaired) electrons. The monoisotopic (exact) mass is 253 g/mol. The first-order valence-electron chi connectivity index (χ1n) is 7.02. The van der Waals surface area contributed by atoms with Gasteiger partial charge in [0.1, 0.15) is 0 Å². The van der Waals surface area contributed by atoms with E-state index in [4.69, 9.17) is 0 Å². The van der Waals surface area contributed by atoms with E-state index >= 15 is 0 Å². The van der Waals surface area contributed by atoms with E-state index in [1.807, 2.05) is 18.2 Å². The average molecular weight is 253 g/mol. The summed E-state index contributed by atoms with van der Waals surface area (Å²) in [5.74, 6) is 0.486. The molecular weight excluding hydrogens is 234 g/mol. The molecule has 2 unspecified atom stereocenters. The molecule has 98 valence electrons. The van der Waals surface area contributed by atoms with Crippen LogP contribution in [0, 0.1) is 5.92 Å². The quantitative estimate of drug-likeness (QED) is 0.825. The van der Waals surface area contributed by atoms with Crippen LogP contribution in [0.1, 0.15) is 18.9 Å². The van der Waals surface area contributed by atoms with Crippen LogP contribution in [0.4, 0.5) is 0 Å². The Morgan fingerprint density at radius 3 is 2.79 bits per heavy atom. The van der Waals surface area contributed by atoms with E-state index in [-0.39, 0.29) is 12.0 Å². The lowest BCUT2D eigenvalue weighted by atomic mass is 9.92. The molecule has 2 aliphatic rings. The molecule has 19 heavy (non-hydrogen) atoms. The summed E-state index contributed by atoms with van der Waals surface area (Å²) in [6.07, 6.45) is 7.98. The Kier molecular flexibility index (Phi) is 3.24. The molecule has 0 aromatic heterocycles. The van der Waals surface area contributed by atoms with Crippen LogP contribution in [0.2, 0.25) is 0 Å². The summed E-state index contributed by atoms with van der Waals surface area (Å²) in [4.78, 5) is 14.9. The smallest absolute Gasteiger partial charge is 0.164 e. The third-order valence-electron chi connectivity index (χ3n) is 4.12. The van der Waals surface area contributed by atoms with Crippen molar-refractivity contribution in [1.29, 1.82) is 0 Å². The van der Waals surface area contributed by atoms with E-state index in [0.29, 0.717) is 5.78 Å². The maximum absolute atomic E-state index is 12.6. The van der Waals surface area contributed by atoms with E-state index in [1.54, 1.807) is 0 Å². The second kappa shape index (κ2) is 5.04. The summed E-state index contributed by atoms with van der Waals surface area (Å²) >= 11 is 0. The lowest BCUT2D eigenvalue weighted by Gasteiger charge is -2.26. The number of ketones is 1. The predicted molar refractivity (Wildman–Crippen MR) is 76.7 cm³/mol. The van der Waals surface area contributed by atoms with E-state index < -0.39 is 0 Å². The number of nitrogens with zero attached hydrogens (tertiary/aromatic N) is 1. The zero-order valence-electron chi connectivity index (χ0n) is 11.3. The van der Waals surface area contributed by atoms with Crippen molar-refractivity contribution in [2.75, 3.05) is 6.54 Å². The van der Waals surface area contributed by atoms with Gasteiger partial charge in [-0.2, -0.15) is 0 Å².